The summed E-state index contributed by atoms with van der Waals surface area (Å²) >= 11 is 5.86. The van der Waals surface area contributed by atoms with Crippen LogP contribution < -0.4 is 4.74 Å². The molecule has 1 saturated heterocycles. The molecule has 120 valence electrons. The van der Waals surface area contributed by atoms with E-state index in [0.717, 1.165) is 6.07 Å². The highest BCUT2D eigenvalue weighted by molar-refractivity contribution is 6.32. The van der Waals surface area contributed by atoms with Crippen LogP contribution in [0.3, 0.4) is 0 Å². The number of ether oxygens (including phenoxy) is 1. The van der Waals surface area contributed by atoms with E-state index in [1.807, 2.05) is 0 Å². The molecule has 5 nitrogen and oxygen atoms in total. The summed E-state index contributed by atoms with van der Waals surface area (Å²) in [7, 11) is 0. The normalized spacial score (nSPS) is 22.5. The molecule has 1 heterocycles. The number of nitrogens with zero attached hydrogens (tertiary/aromatic N) is 1. The van der Waals surface area contributed by atoms with Gasteiger partial charge in [0.1, 0.15) is 11.6 Å². The first-order chi connectivity index (χ1) is 10.2. The number of carbonyl (C=O) groups is 2. The Morgan fingerprint density at radius 3 is 2.73 bits per heavy atom. The lowest BCUT2D eigenvalue weighted by Gasteiger charge is -2.23. The topological polar surface area (TPSA) is 66.8 Å². The van der Waals surface area contributed by atoms with Crippen molar-refractivity contribution in [3.8, 4) is 5.75 Å². The molecule has 2 rings (SSSR count). The van der Waals surface area contributed by atoms with Crippen molar-refractivity contribution < 1.29 is 23.8 Å². The fourth-order valence-corrected chi connectivity index (χ4v) is 2.60. The van der Waals surface area contributed by atoms with Crippen LogP contribution in [0.25, 0.3) is 0 Å². The van der Waals surface area contributed by atoms with Crippen molar-refractivity contribution in [1.29, 1.82) is 0 Å². The second-order valence-corrected chi connectivity index (χ2v) is 6.12. The van der Waals surface area contributed by atoms with E-state index in [-0.39, 0.29) is 23.2 Å². The van der Waals surface area contributed by atoms with Crippen LogP contribution in [0.1, 0.15) is 20.3 Å². The van der Waals surface area contributed by atoms with Crippen LogP contribution in [-0.2, 0) is 9.59 Å². The Balaban J connectivity index is 2.03. The van der Waals surface area contributed by atoms with Crippen molar-refractivity contribution >= 4 is 23.5 Å². The summed E-state index contributed by atoms with van der Waals surface area (Å²) in [6.07, 6.45) is -0.433. The minimum Gasteiger partial charge on any atom is -0.481 e. The Labute approximate surface area is 132 Å². The third-order valence-corrected chi connectivity index (χ3v) is 4.14. The van der Waals surface area contributed by atoms with Crippen molar-refractivity contribution in [2.24, 2.45) is 5.41 Å². The lowest BCUT2D eigenvalue weighted by molar-refractivity contribution is -0.147. The molecule has 0 aliphatic carbocycles. The van der Waals surface area contributed by atoms with E-state index in [9.17, 15) is 19.1 Å². The Hall–Kier alpha value is -1.82. The van der Waals surface area contributed by atoms with Crippen LogP contribution in [-0.4, -0.2) is 41.1 Å². The molecule has 7 heteroatoms. The van der Waals surface area contributed by atoms with Crippen molar-refractivity contribution in [1.82, 2.24) is 4.90 Å². The average molecular weight is 330 g/mol. The molecule has 1 fully saturated rings. The van der Waals surface area contributed by atoms with E-state index in [1.54, 1.807) is 13.8 Å². The first-order valence-corrected chi connectivity index (χ1v) is 7.24. The summed E-state index contributed by atoms with van der Waals surface area (Å²) in [5.41, 5.74) is -0.928. The highest BCUT2D eigenvalue weighted by atomic mass is 35.5. The zero-order valence-electron chi connectivity index (χ0n) is 12.3. The summed E-state index contributed by atoms with van der Waals surface area (Å²) in [4.78, 5) is 25.0. The maximum absolute atomic E-state index is 13.0. The Kier molecular flexibility index (Phi) is 4.60. The molecule has 1 aliphatic rings. The third-order valence-electron chi connectivity index (χ3n) is 3.85. The smallest absolute Gasteiger partial charge is 0.311 e. The Bertz CT molecular complexity index is 609. The molecule has 2 atom stereocenters. The van der Waals surface area contributed by atoms with Crippen LogP contribution in [0.15, 0.2) is 18.2 Å². The SMILES string of the molecule is C[C@@H](Oc1ccc(F)cc1Cl)C(=O)N1CC[C@@](C)(C(=O)O)C1. The van der Waals surface area contributed by atoms with Gasteiger partial charge < -0.3 is 14.7 Å². The molecule has 22 heavy (non-hydrogen) atoms. The summed E-state index contributed by atoms with van der Waals surface area (Å²) in [6.45, 7) is 3.68. The molecule has 1 aromatic carbocycles. The van der Waals surface area contributed by atoms with E-state index in [0.29, 0.717) is 13.0 Å². The molecule has 0 bridgehead atoms. The summed E-state index contributed by atoms with van der Waals surface area (Å²) in [6, 6.07) is 3.65. The van der Waals surface area contributed by atoms with Crippen LogP contribution >= 0.6 is 11.6 Å². The number of carboxylic acids is 1. The largest absolute Gasteiger partial charge is 0.481 e. The molecule has 0 spiro atoms. The van der Waals surface area contributed by atoms with Gasteiger partial charge in [-0.2, -0.15) is 0 Å². The minimum atomic E-state index is -0.928. The summed E-state index contributed by atoms with van der Waals surface area (Å²) < 4.78 is 18.4. The quantitative estimate of drug-likeness (QED) is 0.922. The number of halogens is 2. The zero-order chi connectivity index (χ0) is 16.5. The molecule has 0 unspecified atom stereocenters. The van der Waals surface area contributed by atoms with Crippen molar-refractivity contribution in [3.05, 3.63) is 29.0 Å². The second-order valence-electron chi connectivity index (χ2n) is 5.71. The van der Waals surface area contributed by atoms with E-state index < -0.39 is 23.3 Å². The molecular weight excluding hydrogens is 313 g/mol. The van der Waals surface area contributed by atoms with Gasteiger partial charge in [-0.1, -0.05) is 11.6 Å². The van der Waals surface area contributed by atoms with Gasteiger partial charge in [0.2, 0.25) is 0 Å². The van der Waals surface area contributed by atoms with Crippen molar-refractivity contribution in [2.75, 3.05) is 13.1 Å². The molecular formula is C15H17ClFNO4. The van der Waals surface area contributed by atoms with E-state index in [4.69, 9.17) is 16.3 Å². The minimum absolute atomic E-state index is 0.0800. The maximum atomic E-state index is 13.0. The van der Waals surface area contributed by atoms with Gasteiger partial charge in [0.15, 0.2) is 6.10 Å². The number of benzene rings is 1. The molecule has 1 aliphatic heterocycles. The van der Waals surface area contributed by atoms with Crippen LogP contribution in [0.2, 0.25) is 5.02 Å². The molecule has 0 saturated carbocycles. The number of carboxylic acid groups (broad SMARTS) is 1. The van der Waals surface area contributed by atoms with Gasteiger partial charge in [-0.25, -0.2) is 4.39 Å². The molecule has 1 N–H and O–H groups in total. The number of hydrogen-bond acceptors (Lipinski definition) is 3. The van der Waals surface area contributed by atoms with Crippen LogP contribution in [0, 0.1) is 11.2 Å². The number of aliphatic carboxylic acids is 1. The maximum Gasteiger partial charge on any atom is 0.311 e. The Morgan fingerprint density at radius 2 is 2.18 bits per heavy atom. The van der Waals surface area contributed by atoms with Crippen molar-refractivity contribution in [2.45, 2.75) is 26.4 Å². The number of carbonyl (C=O) groups excluding carboxylic acids is 1. The van der Waals surface area contributed by atoms with Gasteiger partial charge in [-0.3, -0.25) is 9.59 Å². The second kappa shape index (κ2) is 6.12. The fraction of sp³-hybridized carbons (Fsp3) is 0.467. The zero-order valence-corrected chi connectivity index (χ0v) is 13.1. The summed E-state index contributed by atoms with van der Waals surface area (Å²) in [5, 5.41) is 9.27. The fourth-order valence-electron chi connectivity index (χ4n) is 2.39. The standard InChI is InChI=1S/C15H17ClFNO4/c1-9(22-12-4-3-10(17)7-11(12)16)13(19)18-6-5-15(2,8-18)14(20)21/h3-4,7,9H,5-6,8H2,1-2H3,(H,20,21)/t9-,15-/m1/s1. The third kappa shape index (κ3) is 3.32. The van der Waals surface area contributed by atoms with Crippen molar-refractivity contribution in [3.63, 3.8) is 0 Å². The van der Waals surface area contributed by atoms with Crippen LogP contribution in [0.5, 0.6) is 5.75 Å². The number of amides is 1. The number of likely N-dealkylation sites (tertiary alicyclic amines) is 1. The average Bonchev–Trinajstić information content (AvgIpc) is 2.85. The van der Waals surface area contributed by atoms with E-state index in [1.165, 1.54) is 17.0 Å². The first kappa shape index (κ1) is 16.5. The van der Waals surface area contributed by atoms with E-state index in [2.05, 4.69) is 0 Å². The van der Waals surface area contributed by atoms with Crippen LogP contribution in [0.4, 0.5) is 4.39 Å². The van der Waals surface area contributed by atoms with E-state index >= 15 is 0 Å². The lowest BCUT2D eigenvalue weighted by atomic mass is 9.90. The predicted molar refractivity (Wildman–Crippen MR) is 78.4 cm³/mol. The van der Waals surface area contributed by atoms with Gasteiger partial charge in [0, 0.05) is 13.1 Å². The van der Waals surface area contributed by atoms with Gasteiger partial charge in [-0.15, -0.1) is 0 Å². The Morgan fingerprint density at radius 1 is 1.50 bits per heavy atom. The highest BCUT2D eigenvalue weighted by Gasteiger charge is 2.43. The van der Waals surface area contributed by atoms with Gasteiger partial charge in [-0.05, 0) is 38.5 Å². The summed E-state index contributed by atoms with van der Waals surface area (Å²) in [5.74, 6) is -1.51. The number of rotatable bonds is 4. The van der Waals surface area contributed by atoms with Gasteiger partial charge in [0.05, 0.1) is 10.4 Å². The van der Waals surface area contributed by atoms with Gasteiger partial charge in [0.25, 0.3) is 5.91 Å². The predicted octanol–water partition coefficient (Wildman–Crippen LogP) is 2.57. The highest BCUT2D eigenvalue weighted by Crippen LogP contribution is 2.31. The first-order valence-electron chi connectivity index (χ1n) is 6.87. The molecule has 1 aromatic rings. The molecule has 0 aromatic heterocycles. The lowest BCUT2D eigenvalue weighted by Crippen LogP contribution is -2.41. The molecule has 1 amide bonds. The van der Waals surface area contributed by atoms with Gasteiger partial charge >= 0.3 is 5.97 Å². The number of hydrogen-bond donors (Lipinski definition) is 1. The molecule has 0 radical (unpaired) electrons. The monoisotopic (exact) mass is 329 g/mol.